The number of pyridine rings is 1. The van der Waals surface area contributed by atoms with Crippen LogP contribution in [0.15, 0.2) is 21.9 Å². The summed E-state index contributed by atoms with van der Waals surface area (Å²) in [7, 11) is 0. The summed E-state index contributed by atoms with van der Waals surface area (Å²) in [6, 6.07) is 1.29. The fraction of sp³-hybridized carbons (Fsp3) is 0.273. The molecule has 7 heteroatoms. The van der Waals surface area contributed by atoms with Gasteiger partial charge in [0.2, 0.25) is 0 Å². The lowest BCUT2D eigenvalue weighted by atomic mass is 10.2. The van der Waals surface area contributed by atoms with Crippen LogP contribution >= 0.6 is 0 Å². The van der Waals surface area contributed by atoms with Gasteiger partial charge in [-0.2, -0.15) is 0 Å². The van der Waals surface area contributed by atoms with Gasteiger partial charge in [0, 0.05) is 12.2 Å². The smallest absolute Gasteiger partial charge is 0.337 e. The SMILES string of the molecule is O=C(O)c1cnc2c(c1)c(=O)[nH]c(=O)n2C1CC1. The van der Waals surface area contributed by atoms with Crippen LogP contribution in [0.1, 0.15) is 29.2 Å². The van der Waals surface area contributed by atoms with Crippen molar-refractivity contribution in [3.8, 4) is 0 Å². The molecular formula is C11H9N3O4. The first-order chi connectivity index (χ1) is 8.58. The number of carbonyl (C=O) groups is 1. The third-order valence-corrected chi connectivity index (χ3v) is 2.94. The van der Waals surface area contributed by atoms with Gasteiger partial charge in [0.15, 0.2) is 0 Å². The van der Waals surface area contributed by atoms with E-state index in [-0.39, 0.29) is 22.6 Å². The molecule has 18 heavy (non-hydrogen) atoms. The van der Waals surface area contributed by atoms with E-state index in [4.69, 9.17) is 5.11 Å². The van der Waals surface area contributed by atoms with Gasteiger partial charge >= 0.3 is 11.7 Å². The van der Waals surface area contributed by atoms with E-state index < -0.39 is 17.2 Å². The molecule has 2 aromatic rings. The fourth-order valence-electron chi connectivity index (χ4n) is 1.93. The summed E-state index contributed by atoms with van der Waals surface area (Å²) in [5.41, 5.74) is -0.932. The Morgan fingerprint density at radius 2 is 2.17 bits per heavy atom. The van der Waals surface area contributed by atoms with E-state index in [0.717, 1.165) is 19.0 Å². The molecule has 0 spiro atoms. The zero-order chi connectivity index (χ0) is 12.9. The number of carboxylic acid groups (broad SMARTS) is 1. The number of hydrogen-bond acceptors (Lipinski definition) is 4. The van der Waals surface area contributed by atoms with E-state index >= 15 is 0 Å². The number of nitrogens with zero attached hydrogens (tertiary/aromatic N) is 2. The molecule has 92 valence electrons. The molecular weight excluding hydrogens is 238 g/mol. The lowest BCUT2D eigenvalue weighted by molar-refractivity contribution is 0.0696. The first-order valence-electron chi connectivity index (χ1n) is 5.46. The predicted molar refractivity (Wildman–Crippen MR) is 61.9 cm³/mol. The standard InChI is InChI=1S/C11H9N3O4/c15-9-7-3-5(10(16)17)4-12-8(7)14(6-1-2-6)11(18)13-9/h3-4,6H,1-2H2,(H,16,17)(H,13,15,18). The van der Waals surface area contributed by atoms with Gasteiger partial charge in [-0.25, -0.2) is 14.6 Å². The highest BCUT2D eigenvalue weighted by Gasteiger charge is 2.27. The fourth-order valence-corrected chi connectivity index (χ4v) is 1.93. The number of H-pyrrole nitrogens is 1. The molecule has 0 aromatic carbocycles. The minimum atomic E-state index is -1.16. The average molecular weight is 247 g/mol. The van der Waals surface area contributed by atoms with E-state index in [2.05, 4.69) is 9.97 Å². The number of aromatic amines is 1. The van der Waals surface area contributed by atoms with Crippen molar-refractivity contribution in [3.05, 3.63) is 38.7 Å². The molecule has 2 aromatic heterocycles. The van der Waals surface area contributed by atoms with Crippen molar-refractivity contribution in [2.24, 2.45) is 0 Å². The maximum absolute atomic E-state index is 11.7. The summed E-state index contributed by atoms with van der Waals surface area (Å²) in [4.78, 5) is 40.3. The minimum Gasteiger partial charge on any atom is -0.478 e. The van der Waals surface area contributed by atoms with Crippen molar-refractivity contribution in [1.82, 2.24) is 14.5 Å². The van der Waals surface area contributed by atoms with Gasteiger partial charge in [0.25, 0.3) is 5.56 Å². The lowest BCUT2D eigenvalue weighted by Crippen LogP contribution is -2.30. The largest absolute Gasteiger partial charge is 0.478 e. The topological polar surface area (TPSA) is 105 Å². The van der Waals surface area contributed by atoms with Crippen molar-refractivity contribution < 1.29 is 9.90 Å². The van der Waals surface area contributed by atoms with Gasteiger partial charge < -0.3 is 5.11 Å². The second kappa shape index (κ2) is 3.52. The monoisotopic (exact) mass is 247 g/mol. The molecule has 1 fully saturated rings. The summed E-state index contributed by atoms with van der Waals surface area (Å²) in [6.07, 6.45) is 2.88. The van der Waals surface area contributed by atoms with Crippen LogP contribution in [0.3, 0.4) is 0 Å². The number of hydrogen-bond donors (Lipinski definition) is 2. The van der Waals surface area contributed by atoms with Crippen LogP contribution in [0.2, 0.25) is 0 Å². The van der Waals surface area contributed by atoms with Crippen molar-refractivity contribution in [3.63, 3.8) is 0 Å². The van der Waals surface area contributed by atoms with Crippen molar-refractivity contribution in [2.45, 2.75) is 18.9 Å². The van der Waals surface area contributed by atoms with Crippen LogP contribution in [0, 0.1) is 0 Å². The Morgan fingerprint density at radius 3 is 2.78 bits per heavy atom. The number of carboxylic acids is 1. The molecule has 0 radical (unpaired) electrons. The molecule has 0 bridgehead atoms. The predicted octanol–water partition coefficient (Wildman–Crippen LogP) is 0.118. The van der Waals surface area contributed by atoms with Crippen molar-refractivity contribution >= 4 is 17.0 Å². The van der Waals surface area contributed by atoms with Gasteiger partial charge in [-0.3, -0.25) is 14.3 Å². The Morgan fingerprint density at radius 1 is 1.44 bits per heavy atom. The first-order valence-corrected chi connectivity index (χ1v) is 5.46. The lowest BCUT2D eigenvalue weighted by Gasteiger charge is -2.06. The Hall–Kier alpha value is -2.44. The third-order valence-electron chi connectivity index (χ3n) is 2.94. The van der Waals surface area contributed by atoms with Gasteiger partial charge in [-0.15, -0.1) is 0 Å². The van der Waals surface area contributed by atoms with Gasteiger partial charge in [0.05, 0.1) is 10.9 Å². The molecule has 2 heterocycles. The summed E-state index contributed by atoms with van der Waals surface area (Å²) in [5, 5.41) is 8.99. The zero-order valence-electron chi connectivity index (χ0n) is 9.21. The second-order valence-corrected chi connectivity index (χ2v) is 4.26. The molecule has 1 aliphatic carbocycles. The van der Waals surface area contributed by atoms with Crippen LogP contribution in [0.25, 0.3) is 11.0 Å². The number of rotatable bonds is 2. The van der Waals surface area contributed by atoms with E-state index in [1.807, 2.05) is 0 Å². The van der Waals surface area contributed by atoms with Crippen LogP contribution in [-0.2, 0) is 0 Å². The highest BCUT2D eigenvalue weighted by Crippen LogP contribution is 2.34. The Labute approximate surface area is 99.7 Å². The normalized spacial score (nSPS) is 14.9. The summed E-state index contributed by atoms with van der Waals surface area (Å²) >= 11 is 0. The van der Waals surface area contributed by atoms with Gasteiger partial charge in [-0.05, 0) is 18.9 Å². The second-order valence-electron chi connectivity index (χ2n) is 4.26. The van der Waals surface area contributed by atoms with Crippen LogP contribution in [-0.4, -0.2) is 25.6 Å². The Balaban J connectivity index is 2.40. The molecule has 0 unspecified atom stereocenters. The van der Waals surface area contributed by atoms with E-state index in [1.54, 1.807) is 0 Å². The third kappa shape index (κ3) is 1.52. The highest BCUT2D eigenvalue weighted by molar-refractivity contribution is 5.91. The highest BCUT2D eigenvalue weighted by atomic mass is 16.4. The first kappa shape index (κ1) is 10.7. The molecule has 0 amide bonds. The summed E-state index contributed by atoms with van der Waals surface area (Å²) in [5.74, 6) is -1.16. The zero-order valence-corrected chi connectivity index (χ0v) is 9.21. The van der Waals surface area contributed by atoms with Crippen molar-refractivity contribution in [2.75, 3.05) is 0 Å². The molecule has 3 rings (SSSR count). The Bertz CT molecular complexity index is 770. The molecule has 7 nitrogen and oxygen atoms in total. The molecule has 1 aliphatic rings. The van der Waals surface area contributed by atoms with E-state index in [1.165, 1.54) is 10.6 Å². The quantitative estimate of drug-likeness (QED) is 0.784. The summed E-state index contributed by atoms with van der Waals surface area (Å²) in [6.45, 7) is 0. The minimum absolute atomic E-state index is 0.0556. The molecule has 0 aliphatic heterocycles. The Kier molecular flexibility index (Phi) is 2.09. The van der Waals surface area contributed by atoms with Gasteiger partial charge in [-0.1, -0.05) is 0 Å². The van der Waals surface area contributed by atoms with E-state index in [0.29, 0.717) is 0 Å². The van der Waals surface area contributed by atoms with Crippen molar-refractivity contribution in [1.29, 1.82) is 0 Å². The van der Waals surface area contributed by atoms with Gasteiger partial charge in [0.1, 0.15) is 5.65 Å². The molecule has 2 N–H and O–H groups in total. The van der Waals surface area contributed by atoms with E-state index in [9.17, 15) is 14.4 Å². The number of fused-ring (bicyclic) bond motifs is 1. The maximum Gasteiger partial charge on any atom is 0.337 e. The number of aromatic carboxylic acids is 1. The van der Waals surface area contributed by atoms with Crippen LogP contribution in [0.5, 0.6) is 0 Å². The molecule has 0 atom stereocenters. The van der Waals surface area contributed by atoms with Crippen LogP contribution < -0.4 is 11.2 Å². The molecule has 0 saturated heterocycles. The molecule has 1 saturated carbocycles. The maximum atomic E-state index is 11.7. The number of nitrogens with one attached hydrogen (secondary N) is 1. The number of aromatic nitrogens is 3. The summed E-state index contributed by atoms with van der Waals surface area (Å²) < 4.78 is 1.42. The average Bonchev–Trinajstić information content (AvgIpc) is 3.13. The van der Waals surface area contributed by atoms with Crippen LogP contribution in [0.4, 0.5) is 0 Å².